The lowest BCUT2D eigenvalue weighted by molar-refractivity contribution is 1.26. The van der Waals surface area contributed by atoms with E-state index in [1.54, 1.807) is 0 Å². The molecule has 0 saturated carbocycles. The van der Waals surface area contributed by atoms with Crippen LogP contribution in [-0.4, -0.2) is 0 Å². The monoisotopic (exact) mass is 900 g/mol. The van der Waals surface area contributed by atoms with Crippen molar-refractivity contribution >= 4 is 140 Å². The number of fused-ring (bicyclic) bond motifs is 11. The molecule has 2 aromatic heterocycles. The molecule has 2 nitrogen and oxygen atoms in total. The molecule has 0 amide bonds. The maximum atomic E-state index is 2.47. The van der Waals surface area contributed by atoms with Crippen LogP contribution in [0.15, 0.2) is 243 Å². The van der Waals surface area contributed by atoms with Gasteiger partial charge in [0.05, 0.1) is 0 Å². The molecule has 14 aromatic rings. The van der Waals surface area contributed by atoms with Gasteiger partial charge in [-0.3, -0.25) is 0 Å². The van der Waals surface area contributed by atoms with Crippen molar-refractivity contribution in [3.05, 3.63) is 243 Å². The molecule has 14 rings (SSSR count). The fourth-order valence-corrected chi connectivity index (χ4v) is 12.7. The van der Waals surface area contributed by atoms with E-state index < -0.39 is 0 Å². The molecule has 0 fully saturated rings. The molecule has 68 heavy (non-hydrogen) atoms. The normalized spacial score (nSPS) is 11.8. The zero-order valence-electron chi connectivity index (χ0n) is 36.8. The second-order valence-corrected chi connectivity index (χ2v) is 19.9. The van der Waals surface area contributed by atoms with Gasteiger partial charge in [-0.2, -0.15) is 0 Å². The van der Waals surface area contributed by atoms with Crippen molar-refractivity contribution in [3.8, 4) is 11.1 Å². The van der Waals surface area contributed by atoms with E-state index in [4.69, 9.17) is 0 Å². The van der Waals surface area contributed by atoms with E-state index in [-0.39, 0.29) is 0 Å². The van der Waals surface area contributed by atoms with Gasteiger partial charge in [-0.05, 0) is 139 Å². The van der Waals surface area contributed by atoms with Crippen molar-refractivity contribution in [2.45, 2.75) is 0 Å². The molecular formula is C64H40N2S2. The Labute approximate surface area is 401 Å². The van der Waals surface area contributed by atoms with Crippen molar-refractivity contribution in [2.24, 2.45) is 0 Å². The van der Waals surface area contributed by atoms with Crippen molar-refractivity contribution in [1.29, 1.82) is 0 Å². The number of rotatable bonds is 7. The minimum absolute atomic E-state index is 1.07. The van der Waals surface area contributed by atoms with Crippen LogP contribution >= 0.6 is 22.7 Å². The zero-order valence-corrected chi connectivity index (χ0v) is 38.4. The second kappa shape index (κ2) is 15.7. The summed E-state index contributed by atoms with van der Waals surface area (Å²) in [5.41, 5.74) is 8.85. The van der Waals surface area contributed by atoms with E-state index in [1.165, 1.54) is 89.0 Å². The number of thiophene rings is 2. The Morgan fingerprint density at radius 3 is 1.28 bits per heavy atom. The first kappa shape index (κ1) is 38.9. The molecule has 318 valence electrons. The largest absolute Gasteiger partial charge is 0.310 e. The third-order valence-electron chi connectivity index (χ3n) is 13.7. The molecule has 0 aliphatic heterocycles. The third-order valence-corrected chi connectivity index (χ3v) is 16.0. The Morgan fingerprint density at radius 1 is 0.221 bits per heavy atom. The van der Waals surface area contributed by atoms with Crippen LogP contribution < -0.4 is 9.80 Å². The second-order valence-electron chi connectivity index (χ2n) is 17.8. The van der Waals surface area contributed by atoms with Crippen LogP contribution in [0.25, 0.3) is 94.6 Å². The van der Waals surface area contributed by atoms with Crippen LogP contribution in [0.3, 0.4) is 0 Å². The Kier molecular flexibility index (Phi) is 8.98. The molecule has 4 heteroatoms. The summed E-state index contributed by atoms with van der Waals surface area (Å²) in [6.45, 7) is 0. The van der Waals surface area contributed by atoms with Gasteiger partial charge in [0, 0.05) is 74.5 Å². The lowest BCUT2D eigenvalue weighted by Gasteiger charge is -2.31. The summed E-state index contributed by atoms with van der Waals surface area (Å²) in [6, 6.07) is 90.0. The first-order valence-corrected chi connectivity index (χ1v) is 24.8. The predicted molar refractivity (Wildman–Crippen MR) is 297 cm³/mol. The Bertz CT molecular complexity index is 4230. The van der Waals surface area contributed by atoms with Gasteiger partial charge in [0.25, 0.3) is 0 Å². The molecule has 0 spiro atoms. The third kappa shape index (κ3) is 6.52. The summed E-state index contributed by atoms with van der Waals surface area (Å²) in [5.74, 6) is 0. The standard InChI is InChI=1S/C64H40N2S2/c1-4-15-45-33-50(26-21-41(45)11-1)65(51-27-22-42-12-2-5-16-46(42)34-51)54-36-49(48-24-30-58-57-19-9-10-20-60(57)67-62(58)38-48)37-55(39-54)66(52-28-23-43-13-3-6-17-47(43)35-52)53-29-31-59-63(40-53)68-61-32-25-44-14-7-8-18-56(44)64(59)61/h1-40H. The zero-order chi connectivity index (χ0) is 44.7. The lowest BCUT2D eigenvalue weighted by Crippen LogP contribution is -2.14. The highest BCUT2D eigenvalue weighted by Crippen LogP contribution is 2.47. The van der Waals surface area contributed by atoms with Crippen LogP contribution in [-0.2, 0) is 0 Å². The summed E-state index contributed by atoms with van der Waals surface area (Å²) >= 11 is 3.74. The number of anilines is 6. The first-order valence-electron chi connectivity index (χ1n) is 23.1. The Balaban J connectivity index is 1.05. The van der Waals surface area contributed by atoms with Gasteiger partial charge in [0.15, 0.2) is 0 Å². The molecule has 0 N–H and O–H groups in total. The van der Waals surface area contributed by atoms with Gasteiger partial charge < -0.3 is 9.80 Å². The Hall–Kier alpha value is -8.28. The highest BCUT2D eigenvalue weighted by molar-refractivity contribution is 7.26. The minimum Gasteiger partial charge on any atom is -0.310 e. The first-order chi connectivity index (χ1) is 33.6. The summed E-state index contributed by atoms with van der Waals surface area (Å²) in [5, 5.41) is 15.0. The van der Waals surface area contributed by atoms with E-state index in [1.807, 2.05) is 22.7 Å². The lowest BCUT2D eigenvalue weighted by atomic mass is 9.99. The number of hydrogen-bond acceptors (Lipinski definition) is 4. The highest BCUT2D eigenvalue weighted by atomic mass is 32.1. The van der Waals surface area contributed by atoms with Crippen LogP contribution in [0.2, 0.25) is 0 Å². The summed E-state index contributed by atoms with van der Waals surface area (Å²) in [6.07, 6.45) is 0. The molecule has 0 radical (unpaired) electrons. The van der Waals surface area contributed by atoms with Crippen LogP contribution in [0.1, 0.15) is 0 Å². The summed E-state index contributed by atoms with van der Waals surface area (Å²) in [4.78, 5) is 4.92. The fraction of sp³-hybridized carbons (Fsp3) is 0. The quantitative estimate of drug-likeness (QED) is 0.157. The SMILES string of the molecule is c1ccc2cc(N(c3cc(-c4ccc5c(c4)sc4ccccc45)cc(N(c4ccc5ccccc5c4)c4ccc5c(c4)sc4ccc6ccccc6c45)c3)c3ccc4ccccc4c3)ccc2c1. The van der Waals surface area contributed by atoms with Crippen molar-refractivity contribution in [1.82, 2.24) is 0 Å². The maximum Gasteiger partial charge on any atom is 0.0488 e. The van der Waals surface area contributed by atoms with E-state index in [0.29, 0.717) is 0 Å². The van der Waals surface area contributed by atoms with Gasteiger partial charge in [0.1, 0.15) is 0 Å². The molecule has 0 aliphatic rings. The van der Waals surface area contributed by atoms with Gasteiger partial charge in [0.2, 0.25) is 0 Å². The van der Waals surface area contributed by atoms with Crippen molar-refractivity contribution in [2.75, 3.05) is 9.80 Å². The fourth-order valence-electron chi connectivity index (χ4n) is 10.4. The van der Waals surface area contributed by atoms with E-state index in [9.17, 15) is 0 Å². The molecular weight excluding hydrogens is 861 g/mol. The molecule has 0 bridgehead atoms. The van der Waals surface area contributed by atoms with E-state index >= 15 is 0 Å². The molecule has 2 heterocycles. The molecule has 0 saturated heterocycles. The predicted octanol–water partition coefficient (Wildman–Crippen LogP) is 19.6. The smallest absolute Gasteiger partial charge is 0.0488 e. The van der Waals surface area contributed by atoms with Crippen molar-refractivity contribution < 1.29 is 0 Å². The van der Waals surface area contributed by atoms with E-state index in [0.717, 1.165) is 39.7 Å². The number of benzene rings is 12. The summed E-state index contributed by atoms with van der Waals surface area (Å²) in [7, 11) is 0. The number of nitrogens with zero attached hydrogens (tertiary/aromatic N) is 2. The van der Waals surface area contributed by atoms with Gasteiger partial charge in [-0.15, -0.1) is 22.7 Å². The molecule has 0 unspecified atom stereocenters. The maximum absolute atomic E-state index is 2.47. The topological polar surface area (TPSA) is 6.48 Å². The molecule has 0 aliphatic carbocycles. The van der Waals surface area contributed by atoms with Gasteiger partial charge in [-0.1, -0.05) is 158 Å². The van der Waals surface area contributed by atoms with Crippen LogP contribution in [0, 0.1) is 0 Å². The number of hydrogen-bond donors (Lipinski definition) is 0. The molecule has 12 aromatic carbocycles. The van der Waals surface area contributed by atoms with Crippen LogP contribution in [0.4, 0.5) is 34.1 Å². The van der Waals surface area contributed by atoms with Gasteiger partial charge >= 0.3 is 0 Å². The van der Waals surface area contributed by atoms with E-state index in [2.05, 4.69) is 252 Å². The van der Waals surface area contributed by atoms with Crippen molar-refractivity contribution in [3.63, 3.8) is 0 Å². The van der Waals surface area contributed by atoms with Gasteiger partial charge in [-0.25, -0.2) is 0 Å². The Morgan fingerprint density at radius 2 is 0.662 bits per heavy atom. The van der Waals surface area contributed by atoms with Crippen LogP contribution in [0.5, 0.6) is 0 Å². The average molecular weight is 901 g/mol. The minimum atomic E-state index is 1.07. The summed E-state index contributed by atoms with van der Waals surface area (Å²) < 4.78 is 5.15. The molecule has 0 atom stereocenters. The highest BCUT2D eigenvalue weighted by Gasteiger charge is 2.22. The average Bonchev–Trinajstić information content (AvgIpc) is 3.97.